The quantitative estimate of drug-likeness (QED) is 0.702. The Labute approximate surface area is 173 Å². The van der Waals surface area contributed by atoms with Gasteiger partial charge in [0.2, 0.25) is 5.91 Å². The lowest BCUT2D eigenvalue weighted by Gasteiger charge is -2.33. The standard InChI is InChI=1S/C20H24N2O6S/c1-2-27-20(26)14-8-5-6-10-22(14)17(23)12-28-18(24)11-16-19(25)21-13-7-3-4-9-15(13)29-16/h3-4,7,9,14,16H,2,5-6,8,10-12H2,1H3,(H,21,25)/t14-,16+/m0/s1. The number of para-hydroxylation sites is 1. The van der Waals surface area contributed by atoms with Crippen LogP contribution in [0.15, 0.2) is 29.2 Å². The Morgan fingerprint density at radius 3 is 2.79 bits per heavy atom. The molecule has 1 aromatic rings. The van der Waals surface area contributed by atoms with Crippen LogP contribution in [0.4, 0.5) is 5.69 Å². The summed E-state index contributed by atoms with van der Waals surface area (Å²) in [6.45, 7) is 1.94. The second-order valence-electron chi connectivity index (χ2n) is 6.81. The van der Waals surface area contributed by atoms with Crippen molar-refractivity contribution in [2.45, 2.75) is 48.8 Å². The van der Waals surface area contributed by atoms with Crippen LogP contribution in [0.25, 0.3) is 0 Å². The van der Waals surface area contributed by atoms with Crippen molar-refractivity contribution in [1.82, 2.24) is 4.90 Å². The number of thioether (sulfide) groups is 1. The average molecular weight is 420 g/mol. The minimum atomic E-state index is -0.633. The zero-order chi connectivity index (χ0) is 20.8. The number of likely N-dealkylation sites (tertiary alicyclic amines) is 1. The number of nitrogens with zero attached hydrogens (tertiary/aromatic N) is 1. The largest absolute Gasteiger partial charge is 0.464 e. The molecule has 2 aliphatic rings. The molecule has 2 amide bonds. The molecule has 156 valence electrons. The van der Waals surface area contributed by atoms with Gasteiger partial charge in [0.05, 0.1) is 24.0 Å². The number of carbonyl (C=O) groups is 4. The fourth-order valence-corrected chi connectivity index (χ4v) is 4.47. The molecule has 0 aromatic heterocycles. The maximum atomic E-state index is 12.5. The Morgan fingerprint density at radius 2 is 2.00 bits per heavy atom. The van der Waals surface area contributed by atoms with E-state index in [1.807, 2.05) is 18.2 Å². The van der Waals surface area contributed by atoms with E-state index in [2.05, 4.69) is 5.32 Å². The molecule has 0 unspecified atom stereocenters. The third-order valence-corrected chi connectivity index (χ3v) is 6.07. The molecule has 0 spiro atoms. The van der Waals surface area contributed by atoms with Gasteiger partial charge in [0.25, 0.3) is 5.91 Å². The number of nitrogens with one attached hydrogen (secondary N) is 1. The molecule has 1 saturated heterocycles. The van der Waals surface area contributed by atoms with E-state index in [0.717, 1.165) is 23.4 Å². The van der Waals surface area contributed by atoms with E-state index in [0.29, 0.717) is 13.0 Å². The number of benzene rings is 1. The molecule has 1 fully saturated rings. The molecule has 3 rings (SSSR count). The van der Waals surface area contributed by atoms with Crippen molar-refractivity contribution in [3.63, 3.8) is 0 Å². The zero-order valence-corrected chi connectivity index (χ0v) is 17.0. The van der Waals surface area contributed by atoms with Crippen LogP contribution in [0.1, 0.15) is 32.6 Å². The van der Waals surface area contributed by atoms with Gasteiger partial charge in [-0.25, -0.2) is 4.79 Å². The number of ether oxygens (including phenoxy) is 2. The van der Waals surface area contributed by atoms with Gasteiger partial charge < -0.3 is 19.7 Å². The molecule has 0 bridgehead atoms. The fourth-order valence-electron chi connectivity index (χ4n) is 3.38. The molecular weight excluding hydrogens is 396 g/mol. The zero-order valence-electron chi connectivity index (χ0n) is 16.2. The molecule has 0 radical (unpaired) electrons. The first kappa shape index (κ1) is 21.2. The van der Waals surface area contributed by atoms with Gasteiger partial charge in [-0.15, -0.1) is 11.8 Å². The van der Waals surface area contributed by atoms with Crippen LogP contribution >= 0.6 is 11.8 Å². The molecule has 1 aromatic carbocycles. The summed E-state index contributed by atoms with van der Waals surface area (Å²) in [6, 6.07) is 6.71. The fraction of sp³-hybridized carbons (Fsp3) is 0.500. The Hall–Kier alpha value is -2.55. The topological polar surface area (TPSA) is 102 Å². The molecule has 0 saturated carbocycles. The number of amides is 2. The number of hydrogen-bond acceptors (Lipinski definition) is 7. The lowest BCUT2D eigenvalue weighted by molar-refractivity contribution is -0.161. The van der Waals surface area contributed by atoms with Crippen molar-refractivity contribution in [2.24, 2.45) is 0 Å². The van der Waals surface area contributed by atoms with Crippen molar-refractivity contribution in [1.29, 1.82) is 0 Å². The van der Waals surface area contributed by atoms with E-state index in [4.69, 9.17) is 9.47 Å². The summed E-state index contributed by atoms with van der Waals surface area (Å²) >= 11 is 1.30. The van der Waals surface area contributed by atoms with Gasteiger partial charge in [-0.05, 0) is 38.3 Å². The van der Waals surface area contributed by atoms with E-state index >= 15 is 0 Å². The summed E-state index contributed by atoms with van der Waals surface area (Å²) in [5.41, 5.74) is 0.720. The second-order valence-corrected chi connectivity index (χ2v) is 8.05. The van der Waals surface area contributed by atoms with Crippen LogP contribution in [0, 0.1) is 0 Å². The molecule has 29 heavy (non-hydrogen) atoms. The average Bonchev–Trinajstić information content (AvgIpc) is 2.72. The lowest BCUT2D eigenvalue weighted by atomic mass is 10.0. The maximum absolute atomic E-state index is 12.5. The first-order chi connectivity index (χ1) is 14.0. The predicted molar refractivity (Wildman–Crippen MR) is 106 cm³/mol. The van der Waals surface area contributed by atoms with Crippen LogP contribution in [0.2, 0.25) is 0 Å². The van der Waals surface area contributed by atoms with E-state index in [1.54, 1.807) is 13.0 Å². The Balaban J connectivity index is 1.51. The highest BCUT2D eigenvalue weighted by atomic mass is 32.2. The Bertz CT molecular complexity index is 799. The summed E-state index contributed by atoms with van der Waals surface area (Å²) in [5, 5.41) is 2.15. The molecule has 0 aliphatic carbocycles. The van der Waals surface area contributed by atoms with Gasteiger partial charge in [-0.1, -0.05) is 12.1 Å². The summed E-state index contributed by atoms with van der Waals surface area (Å²) in [6.07, 6.45) is 2.02. The third-order valence-electron chi connectivity index (χ3n) is 4.80. The van der Waals surface area contributed by atoms with Crippen molar-refractivity contribution >= 4 is 41.2 Å². The minimum absolute atomic E-state index is 0.139. The summed E-state index contributed by atoms with van der Waals surface area (Å²) in [7, 11) is 0. The number of carbonyl (C=O) groups excluding carboxylic acids is 4. The smallest absolute Gasteiger partial charge is 0.328 e. The summed E-state index contributed by atoms with van der Waals surface area (Å²) in [4.78, 5) is 51.3. The number of piperidine rings is 1. The number of rotatable bonds is 6. The van der Waals surface area contributed by atoms with Crippen molar-refractivity contribution in [2.75, 3.05) is 25.1 Å². The molecule has 8 nitrogen and oxygen atoms in total. The molecule has 2 heterocycles. The molecule has 2 aliphatic heterocycles. The third kappa shape index (κ3) is 5.29. The molecule has 2 atom stereocenters. The van der Waals surface area contributed by atoms with E-state index in [9.17, 15) is 19.2 Å². The van der Waals surface area contributed by atoms with Gasteiger partial charge in [-0.2, -0.15) is 0 Å². The molecule has 1 N–H and O–H groups in total. The second kappa shape index (κ2) is 9.78. The highest BCUT2D eigenvalue weighted by Gasteiger charge is 2.34. The van der Waals surface area contributed by atoms with Crippen LogP contribution in [-0.4, -0.2) is 59.7 Å². The Morgan fingerprint density at radius 1 is 1.21 bits per heavy atom. The maximum Gasteiger partial charge on any atom is 0.328 e. The van der Waals surface area contributed by atoms with Gasteiger partial charge in [-0.3, -0.25) is 14.4 Å². The molecular formula is C20H24N2O6S. The summed E-state index contributed by atoms with van der Waals surface area (Å²) in [5.74, 6) is -1.76. The van der Waals surface area contributed by atoms with Gasteiger partial charge in [0.15, 0.2) is 6.61 Å². The van der Waals surface area contributed by atoms with Crippen LogP contribution < -0.4 is 5.32 Å². The van der Waals surface area contributed by atoms with Crippen LogP contribution in [0.5, 0.6) is 0 Å². The summed E-state index contributed by atoms with van der Waals surface area (Å²) < 4.78 is 10.1. The molecule has 9 heteroatoms. The van der Waals surface area contributed by atoms with E-state index in [-0.39, 0.29) is 18.9 Å². The minimum Gasteiger partial charge on any atom is -0.464 e. The van der Waals surface area contributed by atoms with Gasteiger partial charge in [0.1, 0.15) is 6.04 Å². The first-order valence-corrected chi connectivity index (χ1v) is 10.6. The highest BCUT2D eigenvalue weighted by molar-refractivity contribution is 8.01. The van der Waals surface area contributed by atoms with E-state index < -0.39 is 35.7 Å². The number of fused-ring (bicyclic) bond motifs is 1. The highest BCUT2D eigenvalue weighted by Crippen LogP contribution is 2.36. The first-order valence-electron chi connectivity index (χ1n) is 9.68. The monoisotopic (exact) mass is 420 g/mol. The number of hydrogen-bond donors (Lipinski definition) is 1. The van der Waals surface area contributed by atoms with Crippen molar-refractivity contribution in [3.8, 4) is 0 Å². The predicted octanol–water partition coefficient (Wildman–Crippen LogP) is 1.98. The van der Waals surface area contributed by atoms with Crippen LogP contribution in [0.3, 0.4) is 0 Å². The van der Waals surface area contributed by atoms with Crippen molar-refractivity contribution in [3.05, 3.63) is 24.3 Å². The van der Waals surface area contributed by atoms with Crippen LogP contribution in [-0.2, 0) is 28.7 Å². The van der Waals surface area contributed by atoms with E-state index in [1.165, 1.54) is 16.7 Å². The lowest BCUT2D eigenvalue weighted by Crippen LogP contribution is -2.50. The number of anilines is 1. The van der Waals surface area contributed by atoms with Crippen molar-refractivity contribution < 1.29 is 28.7 Å². The van der Waals surface area contributed by atoms with Gasteiger partial charge in [0, 0.05) is 11.4 Å². The number of esters is 2. The normalized spacial score (nSPS) is 21.0. The Kier molecular flexibility index (Phi) is 7.13. The van der Waals surface area contributed by atoms with Gasteiger partial charge >= 0.3 is 11.9 Å². The SMILES string of the molecule is CCOC(=O)[C@@H]1CCCCN1C(=O)COC(=O)C[C@H]1Sc2ccccc2NC1=O.